The molecule has 0 aliphatic rings. The molecule has 3 rings (SSSR count). The number of nitrogen functional groups attached to an aromatic ring is 1. The molecule has 8 heteroatoms. The van der Waals surface area contributed by atoms with Crippen LogP contribution in [0.15, 0.2) is 35.3 Å². The van der Waals surface area contributed by atoms with Crippen LogP contribution in [0.25, 0.3) is 11.0 Å². The molecule has 0 aliphatic heterocycles. The molecule has 0 radical (unpaired) electrons. The van der Waals surface area contributed by atoms with Gasteiger partial charge in [-0.05, 0) is 12.1 Å². The number of carbonyl (C=O) groups is 1. The van der Waals surface area contributed by atoms with E-state index in [1.54, 1.807) is 25.4 Å². The minimum Gasteiger partial charge on any atom is -0.496 e. The van der Waals surface area contributed by atoms with E-state index in [1.165, 1.54) is 22.3 Å². The second-order valence-electron chi connectivity index (χ2n) is 5.29. The summed E-state index contributed by atoms with van der Waals surface area (Å²) >= 11 is 0. The molecule has 0 aliphatic carbocycles. The van der Waals surface area contributed by atoms with Gasteiger partial charge in [-0.3, -0.25) is 14.1 Å². The molecule has 124 valence electrons. The number of aromatic nitrogens is 3. The Morgan fingerprint density at radius 2 is 2.17 bits per heavy atom. The van der Waals surface area contributed by atoms with Gasteiger partial charge >= 0.3 is 11.7 Å². The molecule has 0 bridgehead atoms. The van der Waals surface area contributed by atoms with E-state index < -0.39 is 5.97 Å². The summed E-state index contributed by atoms with van der Waals surface area (Å²) in [5.74, 6) is -1.11. The number of hydrogen-bond acceptors (Lipinski definition) is 5. The Hall–Kier alpha value is -3.29. The van der Waals surface area contributed by atoms with Gasteiger partial charge in [0, 0.05) is 19.3 Å². The van der Waals surface area contributed by atoms with Crippen molar-refractivity contribution < 1.29 is 14.6 Å². The predicted molar refractivity (Wildman–Crippen MR) is 88.4 cm³/mol. The average Bonchev–Trinajstić information content (AvgIpc) is 2.80. The van der Waals surface area contributed by atoms with Crippen LogP contribution in [-0.4, -0.2) is 32.3 Å². The van der Waals surface area contributed by atoms with E-state index in [0.717, 1.165) is 0 Å². The Balaban J connectivity index is 2.34. The number of ether oxygens (including phenoxy) is 1. The van der Waals surface area contributed by atoms with Crippen LogP contribution < -0.4 is 16.2 Å². The number of fused-ring (bicyclic) bond motifs is 1. The highest BCUT2D eigenvalue weighted by Gasteiger charge is 2.23. The van der Waals surface area contributed by atoms with Gasteiger partial charge in [-0.1, -0.05) is 6.07 Å². The highest BCUT2D eigenvalue weighted by atomic mass is 16.5. The lowest BCUT2D eigenvalue weighted by Gasteiger charge is -2.11. The van der Waals surface area contributed by atoms with Gasteiger partial charge in [0.25, 0.3) is 0 Å². The zero-order chi connectivity index (χ0) is 17.4. The lowest BCUT2D eigenvalue weighted by Crippen LogP contribution is -2.23. The number of aromatic carboxylic acids is 1. The largest absolute Gasteiger partial charge is 0.496 e. The number of imidazole rings is 1. The molecular weight excluding hydrogens is 312 g/mol. The Bertz CT molecular complexity index is 989. The molecule has 0 unspecified atom stereocenters. The van der Waals surface area contributed by atoms with Gasteiger partial charge in [0.1, 0.15) is 11.3 Å². The molecule has 1 aromatic carbocycles. The monoisotopic (exact) mass is 328 g/mol. The van der Waals surface area contributed by atoms with E-state index in [1.807, 2.05) is 6.07 Å². The summed E-state index contributed by atoms with van der Waals surface area (Å²) in [5, 5.41) is 9.43. The molecule has 0 fully saturated rings. The summed E-state index contributed by atoms with van der Waals surface area (Å²) in [4.78, 5) is 28.3. The second-order valence-corrected chi connectivity index (χ2v) is 5.29. The first-order valence-electron chi connectivity index (χ1n) is 7.14. The van der Waals surface area contributed by atoms with Crippen LogP contribution in [0.1, 0.15) is 16.1 Å². The number of aryl methyl sites for hydroxylation is 1. The first kappa shape index (κ1) is 15.6. The van der Waals surface area contributed by atoms with Gasteiger partial charge in [0.2, 0.25) is 0 Å². The van der Waals surface area contributed by atoms with Crippen LogP contribution in [0.2, 0.25) is 0 Å². The van der Waals surface area contributed by atoms with Gasteiger partial charge in [0.05, 0.1) is 36.1 Å². The van der Waals surface area contributed by atoms with Gasteiger partial charge in [-0.2, -0.15) is 0 Å². The Labute approximate surface area is 136 Å². The molecule has 3 aromatic rings. The fourth-order valence-corrected chi connectivity index (χ4v) is 2.75. The Kier molecular flexibility index (Phi) is 3.72. The molecule has 2 aromatic heterocycles. The topological polar surface area (TPSA) is 112 Å². The lowest BCUT2D eigenvalue weighted by molar-refractivity contribution is 0.0694. The lowest BCUT2D eigenvalue weighted by atomic mass is 10.1. The number of pyridine rings is 1. The van der Waals surface area contributed by atoms with Crippen molar-refractivity contribution in [3.8, 4) is 5.75 Å². The molecule has 8 nitrogen and oxygen atoms in total. The van der Waals surface area contributed by atoms with Crippen molar-refractivity contribution in [1.29, 1.82) is 0 Å². The molecule has 0 saturated heterocycles. The quantitative estimate of drug-likeness (QED) is 0.693. The highest BCUT2D eigenvalue weighted by Crippen LogP contribution is 2.32. The molecule has 0 amide bonds. The molecular formula is C16H16N4O4. The van der Waals surface area contributed by atoms with Crippen LogP contribution in [-0.2, 0) is 13.6 Å². The number of carboxylic acid groups (broad SMARTS) is 1. The molecule has 2 heterocycles. The number of methoxy groups -OCH3 is 1. The maximum atomic E-state index is 12.6. The van der Waals surface area contributed by atoms with Crippen molar-refractivity contribution in [3.63, 3.8) is 0 Å². The van der Waals surface area contributed by atoms with E-state index >= 15 is 0 Å². The van der Waals surface area contributed by atoms with E-state index in [9.17, 15) is 14.7 Å². The first-order chi connectivity index (χ1) is 11.5. The van der Waals surface area contributed by atoms with Crippen molar-refractivity contribution >= 4 is 22.7 Å². The smallest absolute Gasteiger partial charge is 0.341 e. The van der Waals surface area contributed by atoms with E-state index in [4.69, 9.17) is 10.5 Å². The van der Waals surface area contributed by atoms with Gasteiger partial charge < -0.3 is 15.6 Å². The van der Waals surface area contributed by atoms with Gasteiger partial charge in [-0.15, -0.1) is 0 Å². The zero-order valence-electron chi connectivity index (χ0n) is 13.2. The van der Waals surface area contributed by atoms with Crippen LogP contribution in [0, 0.1) is 0 Å². The normalized spacial score (nSPS) is 10.9. The SMILES string of the molecule is COc1cc2c(c(N)c1C(=O)O)n(Cc1ccccn1)c(=O)n2C. The Morgan fingerprint density at radius 3 is 2.75 bits per heavy atom. The molecule has 24 heavy (non-hydrogen) atoms. The third-order valence-corrected chi connectivity index (χ3v) is 3.91. The fourth-order valence-electron chi connectivity index (χ4n) is 2.75. The van der Waals surface area contributed by atoms with E-state index in [2.05, 4.69) is 4.98 Å². The number of nitrogens with two attached hydrogens (primary N) is 1. The molecule has 3 N–H and O–H groups in total. The highest BCUT2D eigenvalue weighted by molar-refractivity contribution is 6.05. The number of nitrogens with zero attached hydrogens (tertiary/aromatic N) is 3. The van der Waals surface area contributed by atoms with Crippen molar-refractivity contribution in [2.45, 2.75) is 6.54 Å². The zero-order valence-corrected chi connectivity index (χ0v) is 13.2. The number of benzene rings is 1. The van der Waals surface area contributed by atoms with Crippen molar-refractivity contribution in [3.05, 3.63) is 52.2 Å². The average molecular weight is 328 g/mol. The van der Waals surface area contributed by atoms with Crippen molar-refractivity contribution in [1.82, 2.24) is 14.1 Å². The maximum absolute atomic E-state index is 12.6. The van der Waals surface area contributed by atoms with Gasteiger partial charge in [-0.25, -0.2) is 9.59 Å². The molecule has 0 saturated carbocycles. The third kappa shape index (κ3) is 2.28. The standard InChI is InChI=1S/C16H16N4O4/c1-19-10-7-11(24-2)12(15(21)22)13(17)14(10)20(16(19)23)8-9-5-3-4-6-18-9/h3-7H,8,17H2,1-2H3,(H,21,22). The summed E-state index contributed by atoms with van der Waals surface area (Å²) in [7, 11) is 2.95. The third-order valence-electron chi connectivity index (χ3n) is 3.91. The summed E-state index contributed by atoms with van der Waals surface area (Å²) in [6, 6.07) is 6.87. The number of carboxylic acids is 1. The van der Waals surface area contributed by atoms with Crippen LogP contribution in [0.5, 0.6) is 5.75 Å². The molecule has 0 atom stereocenters. The van der Waals surface area contributed by atoms with Crippen LogP contribution >= 0.6 is 0 Å². The first-order valence-corrected chi connectivity index (χ1v) is 7.14. The summed E-state index contributed by atoms with van der Waals surface area (Å²) in [6.07, 6.45) is 1.63. The predicted octanol–water partition coefficient (Wildman–Crippen LogP) is 1.07. The molecule has 0 spiro atoms. The van der Waals surface area contributed by atoms with Crippen LogP contribution in [0.4, 0.5) is 5.69 Å². The number of rotatable bonds is 4. The minimum absolute atomic E-state index is 0.00881. The van der Waals surface area contributed by atoms with E-state index in [-0.39, 0.29) is 29.2 Å². The van der Waals surface area contributed by atoms with Gasteiger partial charge in [0.15, 0.2) is 0 Å². The maximum Gasteiger partial charge on any atom is 0.341 e. The number of hydrogen-bond donors (Lipinski definition) is 2. The summed E-state index contributed by atoms with van der Waals surface area (Å²) < 4.78 is 7.94. The summed E-state index contributed by atoms with van der Waals surface area (Å²) in [5.41, 5.74) is 7.11. The number of anilines is 1. The van der Waals surface area contributed by atoms with Crippen molar-refractivity contribution in [2.24, 2.45) is 7.05 Å². The van der Waals surface area contributed by atoms with Crippen LogP contribution in [0.3, 0.4) is 0 Å². The van der Waals surface area contributed by atoms with Crippen molar-refractivity contribution in [2.75, 3.05) is 12.8 Å². The van der Waals surface area contributed by atoms with E-state index in [0.29, 0.717) is 16.7 Å². The minimum atomic E-state index is -1.22. The Morgan fingerprint density at radius 1 is 1.42 bits per heavy atom. The fraction of sp³-hybridized carbons (Fsp3) is 0.188. The second kappa shape index (κ2) is 5.73. The summed E-state index contributed by atoms with van der Waals surface area (Å²) in [6.45, 7) is 0.187.